The molecule has 0 amide bonds. The fourth-order valence-corrected chi connectivity index (χ4v) is 10.0. The first-order chi connectivity index (χ1) is 27.5. The summed E-state index contributed by atoms with van der Waals surface area (Å²) in [5, 5.41) is 12.7. The number of aromatic nitrogens is 1. The third-order valence-electron chi connectivity index (χ3n) is 12.7. The average molecular weight is 712 g/mol. The molecule has 1 heteroatoms. The molecule has 56 heavy (non-hydrogen) atoms. The summed E-state index contributed by atoms with van der Waals surface area (Å²) < 4.78 is 2.45. The van der Waals surface area contributed by atoms with Gasteiger partial charge in [-0.2, -0.15) is 0 Å². The van der Waals surface area contributed by atoms with Gasteiger partial charge in [0.1, 0.15) is 0 Å². The highest BCUT2D eigenvalue weighted by Gasteiger charge is 2.37. The first-order valence-corrected chi connectivity index (χ1v) is 19.7. The molecule has 0 bridgehead atoms. The predicted octanol–water partition coefficient (Wildman–Crippen LogP) is 15.0. The normalized spacial score (nSPS) is 13.3. The van der Waals surface area contributed by atoms with Gasteiger partial charge in [-0.1, -0.05) is 147 Å². The highest BCUT2D eigenvalue weighted by molar-refractivity contribution is 6.23. The quantitative estimate of drug-likeness (QED) is 0.161. The highest BCUT2D eigenvalue weighted by Crippen LogP contribution is 2.55. The number of hydrogen-bond acceptors (Lipinski definition) is 0. The molecule has 0 aliphatic heterocycles. The summed E-state index contributed by atoms with van der Waals surface area (Å²) in [5.41, 5.74) is 13.9. The Hall–Kier alpha value is -6.96. The molecule has 1 heterocycles. The lowest BCUT2D eigenvalue weighted by molar-refractivity contribution is 0.662. The Kier molecular flexibility index (Phi) is 6.46. The molecule has 0 saturated heterocycles. The van der Waals surface area contributed by atoms with Gasteiger partial charge in [0.15, 0.2) is 0 Å². The van der Waals surface area contributed by atoms with Crippen molar-refractivity contribution >= 4 is 64.9 Å². The van der Waals surface area contributed by atoms with Crippen LogP contribution in [0.15, 0.2) is 188 Å². The molecule has 1 aromatic heterocycles. The van der Waals surface area contributed by atoms with E-state index in [0.717, 1.165) is 0 Å². The van der Waals surface area contributed by atoms with Gasteiger partial charge in [-0.25, -0.2) is 0 Å². The van der Waals surface area contributed by atoms with E-state index in [9.17, 15) is 0 Å². The van der Waals surface area contributed by atoms with Gasteiger partial charge < -0.3 is 4.57 Å². The second-order valence-corrected chi connectivity index (χ2v) is 16.1. The zero-order valence-corrected chi connectivity index (χ0v) is 31.3. The number of benzene rings is 10. The van der Waals surface area contributed by atoms with Gasteiger partial charge in [-0.05, 0) is 142 Å². The molecular weight excluding hydrogens is 675 g/mol. The minimum atomic E-state index is -0.210. The minimum Gasteiger partial charge on any atom is -0.309 e. The van der Waals surface area contributed by atoms with Gasteiger partial charge in [0.25, 0.3) is 0 Å². The predicted molar refractivity (Wildman–Crippen MR) is 239 cm³/mol. The van der Waals surface area contributed by atoms with Crippen molar-refractivity contribution in [2.45, 2.75) is 19.3 Å². The topological polar surface area (TPSA) is 4.93 Å². The Balaban J connectivity index is 1.22. The smallest absolute Gasteiger partial charge is 0.0547 e. The summed E-state index contributed by atoms with van der Waals surface area (Å²) in [6.07, 6.45) is 0. The molecule has 0 atom stereocenters. The van der Waals surface area contributed by atoms with Crippen LogP contribution in [0.2, 0.25) is 0 Å². The summed E-state index contributed by atoms with van der Waals surface area (Å²) in [5.74, 6) is 0. The molecule has 12 rings (SSSR count). The summed E-state index contributed by atoms with van der Waals surface area (Å²) >= 11 is 0. The van der Waals surface area contributed by atoms with Crippen molar-refractivity contribution in [2.75, 3.05) is 0 Å². The summed E-state index contributed by atoms with van der Waals surface area (Å²) in [6, 6.07) is 70.3. The van der Waals surface area contributed by atoms with Gasteiger partial charge >= 0.3 is 0 Å². The molecule has 1 aliphatic rings. The fraction of sp³-hybridized carbons (Fsp3) is 0.0545. The zero-order chi connectivity index (χ0) is 37.1. The first-order valence-electron chi connectivity index (χ1n) is 19.7. The van der Waals surface area contributed by atoms with Crippen molar-refractivity contribution in [1.29, 1.82) is 0 Å². The monoisotopic (exact) mass is 711 g/mol. The Labute approximate surface area is 325 Å². The number of hydrogen-bond donors (Lipinski definition) is 0. The lowest BCUT2D eigenvalue weighted by atomic mass is 9.79. The Morgan fingerprint density at radius 3 is 1.45 bits per heavy atom. The fourth-order valence-electron chi connectivity index (χ4n) is 10.0. The van der Waals surface area contributed by atoms with E-state index in [1.54, 1.807) is 0 Å². The molecular formula is C55H37N. The molecule has 1 aliphatic carbocycles. The van der Waals surface area contributed by atoms with Gasteiger partial charge in [0.2, 0.25) is 0 Å². The van der Waals surface area contributed by atoms with Crippen LogP contribution in [0.1, 0.15) is 25.0 Å². The maximum atomic E-state index is 2.56. The van der Waals surface area contributed by atoms with E-state index in [0.29, 0.717) is 0 Å². The summed E-state index contributed by atoms with van der Waals surface area (Å²) in [6.45, 7) is 4.85. The van der Waals surface area contributed by atoms with E-state index in [1.807, 2.05) is 0 Å². The number of para-hydroxylation sites is 2. The largest absolute Gasteiger partial charge is 0.309 e. The van der Waals surface area contributed by atoms with Crippen LogP contribution in [0.25, 0.3) is 104 Å². The molecule has 0 fully saturated rings. The lowest BCUT2D eigenvalue weighted by Crippen LogP contribution is -2.15. The molecule has 0 spiro atoms. The lowest BCUT2D eigenvalue weighted by Gasteiger charge is -2.24. The first kappa shape index (κ1) is 31.4. The molecule has 11 aromatic rings. The van der Waals surface area contributed by atoms with Crippen molar-refractivity contribution in [3.05, 3.63) is 199 Å². The highest BCUT2D eigenvalue weighted by atomic mass is 15.0. The van der Waals surface area contributed by atoms with E-state index in [-0.39, 0.29) is 5.41 Å². The number of rotatable bonds is 3. The average Bonchev–Trinajstić information content (AvgIpc) is 3.68. The van der Waals surface area contributed by atoms with Crippen molar-refractivity contribution in [3.8, 4) is 39.1 Å². The third-order valence-corrected chi connectivity index (χ3v) is 12.7. The standard InChI is InChI=1S/C55H37N/c1-55(2)49-31-46-41-20-12-13-23-51(41)56(40-18-4-3-5-19-40)52(46)33-45(49)44-30-47-48(32-50(44)55)54(39-27-25-35-15-7-9-17-37(35)29-39)43-22-11-10-21-42(43)53(47)38-26-24-34-14-6-8-16-36(34)28-38/h3-33H,1-2H3. The molecule has 10 aromatic carbocycles. The second-order valence-electron chi connectivity index (χ2n) is 16.1. The summed E-state index contributed by atoms with van der Waals surface area (Å²) in [7, 11) is 0. The Morgan fingerprint density at radius 1 is 0.339 bits per heavy atom. The van der Waals surface area contributed by atoms with Crippen LogP contribution < -0.4 is 0 Å². The maximum absolute atomic E-state index is 2.56. The van der Waals surface area contributed by atoms with E-state index < -0.39 is 0 Å². The molecule has 1 nitrogen and oxygen atoms in total. The number of nitrogens with zero attached hydrogens (tertiary/aromatic N) is 1. The van der Waals surface area contributed by atoms with Crippen molar-refractivity contribution < 1.29 is 0 Å². The molecule has 0 N–H and O–H groups in total. The van der Waals surface area contributed by atoms with Gasteiger partial charge in [-0.15, -0.1) is 0 Å². The van der Waals surface area contributed by atoms with Crippen LogP contribution in [0.3, 0.4) is 0 Å². The molecule has 262 valence electrons. The Bertz CT molecular complexity index is 3430. The van der Waals surface area contributed by atoms with Crippen LogP contribution in [0.5, 0.6) is 0 Å². The van der Waals surface area contributed by atoms with Crippen molar-refractivity contribution in [2.24, 2.45) is 0 Å². The van der Waals surface area contributed by atoms with Gasteiger partial charge in [-0.3, -0.25) is 0 Å². The van der Waals surface area contributed by atoms with E-state index in [1.165, 1.54) is 115 Å². The van der Waals surface area contributed by atoms with E-state index in [2.05, 4.69) is 206 Å². The van der Waals surface area contributed by atoms with Gasteiger partial charge in [0.05, 0.1) is 11.0 Å². The van der Waals surface area contributed by atoms with Crippen LogP contribution in [0, 0.1) is 0 Å². The van der Waals surface area contributed by atoms with Crippen LogP contribution >= 0.6 is 0 Å². The third kappa shape index (κ3) is 4.37. The van der Waals surface area contributed by atoms with Gasteiger partial charge in [0, 0.05) is 21.9 Å². The molecule has 0 radical (unpaired) electrons. The zero-order valence-electron chi connectivity index (χ0n) is 31.3. The minimum absolute atomic E-state index is 0.210. The SMILES string of the molecule is CC1(C)c2cc3c(-c4ccc5ccccc5c4)c4ccccc4c(-c4ccc5ccccc5c4)c3cc2-c2cc3c(cc21)c1ccccc1n3-c1ccccc1. The maximum Gasteiger partial charge on any atom is 0.0547 e. The molecule has 0 unspecified atom stereocenters. The van der Waals surface area contributed by atoms with Crippen LogP contribution in [-0.2, 0) is 5.41 Å². The summed E-state index contributed by atoms with van der Waals surface area (Å²) in [4.78, 5) is 0. The molecule has 0 saturated carbocycles. The van der Waals surface area contributed by atoms with Crippen molar-refractivity contribution in [3.63, 3.8) is 0 Å². The van der Waals surface area contributed by atoms with E-state index in [4.69, 9.17) is 0 Å². The van der Waals surface area contributed by atoms with Crippen LogP contribution in [-0.4, -0.2) is 4.57 Å². The van der Waals surface area contributed by atoms with Crippen LogP contribution in [0.4, 0.5) is 0 Å². The van der Waals surface area contributed by atoms with Crippen molar-refractivity contribution in [1.82, 2.24) is 4.57 Å². The van der Waals surface area contributed by atoms with E-state index >= 15 is 0 Å². The Morgan fingerprint density at radius 2 is 0.821 bits per heavy atom. The second kappa shape index (κ2) is 11.5. The number of fused-ring (bicyclic) bond motifs is 10.